The Morgan fingerprint density at radius 2 is 1.73 bits per heavy atom. The van der Waals surface area contributed by atoms with Crippen LogP contribution in [0.25, 0.3) is 22.3 Å². The van der Waals surface area contributed by atoms with Crippen molar-refractivity contribution in [2.24, 2.45) is 0 Å². The maximum Gasteiger partial charge on any atom is 0.228 e. The molecule has 0 aliphatic carbocycles. The average Bonchev–Trinajstić information content (AvgIpc) is 3.06. The molecule has 0 aliphatic rings. The van der Waals surface area contributed by atoms with Crippen molar-refractivity contribution in [3.05, 3.63) is 90.0 Å². The number of fused-ring (bicyclic) bond motifs is 1. The molecule has 1 amide bonds. The molecule has 0 fully saturated rings. The second-order valence-corrected chi connectivity index (χ2v) is 6.44. The van der Waals surface area contributed by atoms with E-state index in [9.17, 15) is 4.79 Å². The van der Waals surface area contributed by atoms with Gasteiger partial charge in [0, 0.05) is 16.6 Å². The largest absolute Gasteiger partial charge is 0.456 e. The molecule has 1 N–H and O–H groups in total. The summed E-state index contributed by atoms with van der Waals surface area (Å²) in [6, 6.07) is 25.7. The molecule has 0 unspecified atom stereocenters. The molecule has 0 aliphatic heterocycles. The van der Waals surface area contributed by atoms with Gasteiger partial charge < -0.3 is 9.73 Å². The molecule has 0 saturated heterocycles. The van der Waals surface area contributed by atoms with Crippen LogP contribution in [0.3, 0.4) is 0 Å². The monoisotopic (exact) mass is 341 g/mol. The third-order valence-corrected chi connectivity index (χ3v) is 4.33. The maximum atomic E-state index is 12.2. The Hall–Kier alpha value is -3.33. The first-order valence-corrected chi connectivity index (χ1v) is 8.62. The van der Waals surface area contributed by atoms with Gasteiger partial charge in [-0.2, -0.15) is 0 Å². The van der Waals surface area contributed by atoms with Gasteiger partial charge in [-0.05, 0) is 48.9 Å². The molecular weight excluding hydrogens is 322 g/mol. The molecule has 4 rings (SSSR count). The third kappa shape index (κ3) is 3.52. The molecule has 1 aromatic heterocycles. The summed E-state index contributed by atoms with van der Waals surface area (Å²) in [5, 5.41) is 4.03. The number of amides is 1. The summed E-state index contributed by atoms with van der Waals surface area (Å²) >= 11 is 0. The summed E-state index contributed by atoms with van der Waals surface area (Å²) in [5.74, 6) is 0.802. The molecule has 26 heavy (non-hydrogen) atoms. The highest BCUT2D eigenvalue weighted by Gasteiger charge is 2.07. The standard InChI is InChI=1S/C23H19NO2/c1-16-5-4-6-17(13-16)14-23(25)24-20-11-9-18(10-12-20)22-15-19-7-2-3-8-21(19)26-22/h2-13,15H,14H2,1H3,(H,24,25). The lowest BCUT2D eigenvalue weighted by Crippen LogP contribution is -2.14. The molecule has 3 heteroatoms. The molecule has 4 aromatic rings. The number of hydrogen-bond donors (Lipinski definition) is 1. The SMILES string of the molecule is Cc1cccc(CC(=O)Nc2ccc(-c3cc4ccccc4o3)cc2)c1. The van der Waals surface area contributed by atoms with Crippen molar-refractivity contribution in [3.8, 4) is 11.3 Å². The van der Waals surface area contributed by atoms with E-state index < -0.39 is 0 Å². The van der Waals surface area contributed by atoms with E-state index in [2.05, 4.69) is 5.32 Å². The minimum atomic E-state index is -0.0212. The van der Waals surface area contributed by atoms with Crippen molar-refractivity contribution in [2.75, 3.05) is 5.32 Å². The van der Waals surface area contributed by atoms with Crippen molar-refractivity contribution >= 4 is 22.6 Å². The smallest absolute Gasteiger partial charge is 0.228 e. The van der Waals surface area contributed by atoms with E-state index >= 15 is 0 Å². The van der Waals surface area contributed by atoms with Gasteiger partial charge in [0.15, 0.2) is 0 Å². The summed E-state index contributed by atoms with van der Waals surface area (Å²) < 4.78 is 5.88. The number of furan rings is 1. The number of carbonyl (C=O) groups is 1. The number of hydrogen-bond acceptors (Lipinski definition) is 2. The summed E-state index contributed by atoms with van der Waals surface area (Å²) in [7, 11) is 0. The van der Waals surface area contributed by atoms with Crippen LogP contribution in [-0.4, -0.2) is 5.91 Å². The van der Waals surface area contributed by atoms with E-state index in [0.29, 0.717) is 6.42 Å². The zero-order valence-electron chi connectivity index (χ0n) is 14.5. The lowest BCUT2D eigenvalue weighted by atomic mass is 10.1. The Morgan fingerprint density at radius 3 is 2.50 bits per heavy atom. The van der Waals surface area contributed by atoms with Gasteiger partial charge in [-0.25, -0.2) is 0 Å². The van der Waals surface area contributed by atoms with Gasteiger partial charge in [0.25, 0.3) is 0 Å². The molecular formula is C23H19NO2. The molecule has 1 heterocycles. The van der Waals surface area contributed by atoms with Crippen LogP contribution in [0.5, 0.6) is 0 Å². The fourth-order valence-corrected chi connectivity index (χ4v) is 3.05. The lowest BCUT2D eigenvalue weighted by Gasteiger charge is -2.06. The minimum Gasteiger partial charge on any atom is -0.456 e. The van der Waals surface area contributed by atoms with E-state index in [-0.39, 0.29) is 5.91 Å². The Balaban J connectivity index is 1.46. The number of carbonyl (C=O) groups excluding carboxylic acids is 1. The van der Waals surface area contributed by atoms with Gasteiger partial charge in [0.1, 0.15) is 11.3 Å². The van der Waals surface area contributed by atoms with E-state index in [0.717, 1.165) is 39.1 Å². The molecule has 0 radical (unpaired) electrons. The highest BCUT2D eigenvalue weighted by molar-refractivity contribution is 5.92. The Morgan fingerprint density at radius 1 is 0.923 bits per heavy atom. The van der Waals surface area contributed by atoms with Crippen molar-refractivity contribution in [1.82, 2.24) is 0 Å². The predicted octanol–water partition coefficient (Wildman–Crippen LogP) is 5.59. The summed E-state index contributed by atoms with van der Waals surface area (Å²) in [5.41, 5.74) is 4.81. The van der Waals surface area contributed by atoms with E-state index in [1.54, 1.807) is 0 Å². The maximum absolute atomic E-state index is 12.2. The quantitative estimate of drug-likeness (QED) is 0.526. The average molecular weight is 341 g/mol. The minimum absolute atomic E-state index is 0.0212. The number of rotatable bonds is 4. The zero-order chi connectivity index (χ0) is 17.9. The van der Waals surface area contributed by atoms with Crippen LogP contribution in [0.1, 0.15) is 11.1 Å². The summed E-state index contributed by atoms with van der Waals surface area (Å²) in [6.07, 6.45) is 0.368. The zero-order valence-corrected chi connectivity index (χ0v) is 14.5. The van der Waals surface area contributed by atoms with Crippen LogP contribution in [0.15, 0.2) is 83.3 Å². The molecule has 0 bridgehead atoms. The third-order valence-electron chi connectivity index (χ3n) is 4.33. The van der Waals surface area contributed by atoms with Crippen molar-refractivity contribution < 1.29 is 9.21 Å². The molecule has 128 valence electrons. The van der Waals surface area contributed by atoms with Gasteiger partial charge in [0.2, 0.25) is 5.91 Å². The number of anilines is 1. The fourth-order valence-electron chi connectivity index (χ4n) is 3.05. The van der Waals surface area contributed by atoms with Gasteiger partial charge >= 0.3 is 0 Å². The van der Waals surface area contributed by atoms with Crippen LogP contribution in [0, 0.1) is 6.92 Å². The first-order chi connectivity index (χ1) is 12.7. The van der Waals surface area contributed by atoms with Crippen LogP contribution < -0.4 is 5.32 Å². The molecule has 0 saturated carbocycles. The normalized spacial score (nSPS) is 10.8. The van der Waals surface area contributed by atoms with Gasteiger partial charge in [0.05, 0.1) is 6.42 Å². The van der Waals surface area contributed by atoms with E-state index in [1.807, 2.05) is 85.8 Å². The second kappa shape index (κ2) is 6.89. The molecule has 3 nitrogen and oxygen atoms in total. The lowest BCUT2D eigenvalue weighted by molar-refractivity contribution is -0.115. The second-order valence-electron chi connectivity index (χ2n) is 6.44. The van der Waals surface area contributed by atoms with Gasteiger partial charge in [-0.1, -0.05) is 48.0 Å². The number of aryl methyl sites for hydroxylation is 1. The molecule has 0 spiro atoms. The Labute approximate surface area is 152 Å². The van der Waals surface area contributed by atoms with Crippen LogP contribution in [-0.2, 0) is 11.2 Å². The van der Waals surface area contributed by atoms with E-state index in [1.165, 1.54) is 0 Å². The fraction of sp³-hybridized carbons (Fsp3) is 0.0870. The van der Waals surface area contributed by atoms with Crippen molar-refractivity contribution in [3.63, 3.8) is 0 Å². The first kappa shape index (κ1) is 16.2. The first-order valence-electron chi connectivity index (χ1n) is 8.62. The summed E-state index contributed by atoms with van der Waals surface area (Å²) in [4.78, 5) is 12.2. The van der Waals surface area contributed by atoms with Crippen molar-refractivity contribution in [1.29, 1.82) is 0 Å². The van der Waals surface area contributed by atoms with Crippen LogP contribution in [0.4, 0.5) is 5.69 Å². The summed E-state index contributed by atoms with van der Waals surface area (Å²) in [6.45, 7) is 2.03. The number of para-hydroxylation sites is 1. The number of benzene rings is 3. The highest BCUT2D eigenvalue weighted by Crippen LogP contribution is 2.28. The number of nitrogens with one attached hydrogen (secondary N) is 1. The van der Waals surface area contributed by atoms with Crippen molar-refractivity contribution in [2.45, 2.75) is 13.3 Å². The van der Waals surface area contributed by atoms with Gasteiger partial charge in [-0.15, -0.1) is 0 Å². The Kier molecular flexibility index (Phi) is 4.28. The van der Waals surface area contributed by atoms with Crippen LogP contribution in [0.2, 0.25) is 0 Å². The topological polar surface area (TPSA) is 42.2 Å². The predicted molar refractivity (Wildman–Crippen MR) is 105 cm³/mol. The van der Waals surface area contributed by atoms with Gasteiger partial charge in [-0.3, -0.25) is 4.79 Å². The van der Waals surface area contributed by atoms with E-state index in [4.69, 9.17) is 4.42 Å². The Bertz CT molecular complexity index is 1030. The van der Waals surface area contributed by atoms with Crippen LogP contribution >= 0.6 is 0 Å². The molecule has 3 aromatic carbocycles. The molecule has 0 atom stereocenters. The highest BCUT2D eigenvalue weighted by atomic mass is 16.3.